The van der Waals surface area contributed by atoms with Gasteiger partial charge in [0.15, 0.2) is 0 Å². The van der Waals surface area contributed by atoms with Crippen molar-refractivity contribution in [3.8, 4) is 0 Å². The molecule has 0 unspecified atom stereocenters. The van der Waals surface area contributed by atoms with E-state index >= 15 is 0 Å². The van der Waals surface area contributed by atoms with Gasteiger partial charge < -0.3 is 4.74 Å². The molecule has 0 N–H and O–H groups in total. The lowest BCUT2D eigenvalue weighted by Gasteiger charge is -2.03. The zero-order valence-electron chi connectivity index (χ0n) is 10.0. The smallest absolute Gasteiger partial charge is 0.330 e. The molecule has 0 aliphatic carbocycles. The maximum absolute atomic E-state index is 10.7. The number of carbonyl (C=O) groups excluding carboxylic acids is 1. The highest BCUT2D eigenvalue weighted by Crippen LogP contribution is 1.97. The summed E-state index contributed by atoms with van der Waals surface area (Å²) >= 11 is 0. The summed E-state index contributed by atoms with van der Waals surface area (Å²) in [5, 5.41) is 5.90. The monoisotopic (exact) mass is 234 g/mol. The van der Waals surface area contributed by atoms with E-state index in [9.17, 15) is 4.79 Å². The summed E-state index contributed by atoms with van der Waals surface area (Å²) in [4.78, 5) is 10.7. The standard InChI is InChI=1S/C13H18N2O2/c1-4-13(16)17-9-7-5-6-8-15-12(3)11(2)10-14-15/h4,10H,1-3,5-9H2. The molecule has 0 aliphatic heterocycles. The summed E-state index contributed by atoms with van der Waals surface area (Å²) in [6.07, 6.45) is 5.71. The lowest BCUT2D eigenvalue weighted by molar-refractivity contribution is -0.137. The van der Waals surface area contributed by atoms with Crippen molar-refractivity contribution in [1.29, 1.82) is 0 Å². The van der Waals surface area contributed by atoms with Crippen molar-refractivity contribution in [2.24, 2.45) is 0 Å². The van der Waals surface area contributed by atoms with Crippen LogP contribution in [-0.2, 0) is 16.1 Å². The Kier molecular flexibility index (Phi) is 5.20. The van der Waals surface area contributed by atoms with Crippen LogP contribution in [0.1, 0.15) is 19.3 Å². The summed E-state index contributed by atoms with van der Waals surface area (Å²) in [5.41, 5.74) is 0. The summed E-state index contributed by atoms with van der Waals surface area (Å²) in [6, 6.07) is 0. The second kappa shape index (κ2) is 6.68. The van der Waals surface area contributed by atoms with Crippen molar-refractivity contribution in [3.63, 3.8) is 0 Å². The van der Waals surface area contributed by atoms with Crippen LogP contribution in [0.5, 0.6) is 0 Å². The van der Waals surface area contributed by atoms with Crippen LogP contribution in [0, 0.1) is 0 Å². The van der Waals surface area contributed by atoms with Crippen molar-refractivity contribution < 1.29 is 9.53 Å². The number of hydrogen-bond acceptors (Lipinski definition) is 3. The van der Waals surface area contributed by atoms with Crippen molar-refractivity contribution in [2.45, 2.75) is 25.8 Å². The average Bonchev–Trinajstić information content (AvgIpc) is 2.64. The molecule has 4 heteroatoms. The molecule has 0 aliphatic rings. The van der Waals surface area contributed by atoms with Gasteiger partial charge in [-0.3, -0.25) is 4.68 Å². The Morgan fingerprint density at radius 1 is 1.41 bits per heavy atom. The molecule has 0 aromatic carbocycles. The minimum absolute atomic E-state index is 0.362. The number of carbonyl (C=O) groups is 1. The first kappa shape index (κ1) is 13.2. The zero-order chi connectivity index (χ0) is 12.7. The van der Waals surface area contributed by atoms with Crippen LogP contribution in [0.15, 0.2) is 18.9 Å². The van der Waals surface area contributed by atoms with Crippen LogP contribution < -0.4 is 10.6 Å². The maximum atomic E-state index is 10.7. The highest BCUT2D eigenvalue weighted by atomic mass is 16.5. The quantitative estimate of drug-likeness (QED) is 0.394. The second-order valence-corrected chi connectivity index (χ2v) is 3.77. The summed E-state index contributed by atoms with van der Waals surface area (Å²) in [6.45, 7) is 12.3. The summed E-state index contributed by atoms with van der Waals surface area (Å²) < 4.78 is 6.71. The lowest BCUT2D eigenvalue weighted by atomic mass is 10.2. The fourth-order valence-electron chi connectivity index (χ4n) is 1.41. The van der Waals surface area contributed by atoms with E-state index in [0.717, 1.165) is 36.4 Å². The topological polar surface area (TPSA) is 44.1 Å². The van der Waals surface area contributed by atoms with Crippen LogP contribution in [-0.4, -0.2) is 22.4 Å². The van der Waals surface area contributed by atoms with E-state index in [-0.39, 0.29) is 5.97 Å². The molecule has 0 saturated heterocycles. The van der Waals surface area contributed by atoms with Crippen LogP contribution in [0.25, 0.3) is 13.2 Å². The molecule has 0 saturated carbocycles. The number of rotatable bonds is 7. The minimum atomic E-state index is -0.362. The van der Waals surface area contributed by atoms with Gasteiger partial charge in [-0.25, -0.2) is 4.79 Å². The Balaban J connectivity index is 2.15. The Bertz CT molecular complexity index is 476. The molecule has 0 fully saturated rings. The summed E-state index contributed by atoms with van der Waals surface area (Å²) in [7, 11) is 0. The molecule has 17 heavy (non-hydrogen) atoms. The van der Waals surface area contributed by atoms with E-state index in [1.165, 1.54) is 6.08 Å². The Labute approximate surface area is 101 Å². The first-order chi connectivity index (χ1) is 8.15. The van der Waals surface area contributed by atoms with Gasteiger partial charge in [-0.05, 0) is 19.3 Å². The number of aryl methyl sites for hydroxylation is 1. The Hall–Kier alpha value is -1.84. The highest BCUT2D eigenvalue weighted by Gasteiger charge is 1.97. The van der Waals surface area contributed by atoms with Crippen LogP contribution in [0.4, 0.5) is 0 Å². The molecule has 1 heterocycles. The molecule has 1 aromatic heterocycles. The predicted molar refractivity (Wildman–Crippen MR) is 67.5 cm³/mol. The van der Waals surface area contributed by atoms with E-state index in [1.54, 1.807) is 6.20 Å². The molecule has 0 spiro atoms. The van der Waals surface area contributed by atoms with Gasteiger partial charge >= 0.3 is 5.97 Å². The third-order valence-electron chi connectivity index (χ3n) is 2.46. The van der Waals surface area contributed by atoms with E-state index in [4.69, 9.17) is 4.74 Å². The SMILES string of the molecule is C=CC(=O)OCCCCCn1ncc(=C)c1=C. The van der Waals surface area contributed by atoms with E-state index in [1.807, 2.05) is 4.68 Å². The van der Waals surface area contributed by atoms with Gasteiger partial charge in [-0.2, -0.15) is 5.10 Å². The number of aromatic nitrogens is 2. The molecular weight excluding hydrogens is 216 g/mol. The minimum Gasteiger partial charge on any atom is -0.463 e. The molecule has 1 aromatic rings. The Morgan fingerprint density at radius 3 is 2.76 bits per heavy atom. The fourth-order valence-corrected chi connectivity index (χ4v) is 1.41. The largest absolute Gasteiger partial charge is 0.463 e. The van der Waals surface area contributed by atoms with Gasteiger partial charge in [0.1, 0.15) is 0 Å². The van der Waals surface area contributed by atoms with Crippen molar-refractivity contribution in [2.75, 3.05) is 6.61 Å². The highest BCUT2D eigenvalue weighted by molar-refractivity contribution is 5.81. The average molecular weight is 234 g/mol. The van der Waals surface area contributed by atoms with Gasteiger partial charge in [-0.1, -0.05) is 19.7 Å². The number of ether oxygens (including phenoxy) is 1. The first-order valence-corrected chi connectivity index (χ1v) is 5.64. The van der Waals surface area contributed by atoms with Gasteiger partial charge in [0.2, 0.25) is 0 Å². The van der Waals surface area contributed by atoms with Gasteiger partial charge in [0.05, 0.1) is 18.2 Å². The fraction of sp³-hybridized carbons (Fsp3) is 0.385. The number of nitrogens with zero attached hydrogens (tertiary/aromatic N) is 2. The van der Waals surface area contributed by atoms with Crippen molar-refractivity contribution >= 4 is 19.1 Å². The van der Waals surface area contributed by atoms with E-state index < -0.39 is 0 Å². The van der Waals surface area contributed by atoms with Gasteiger partial charge in [-0.15, -0.1) is 0 Å². The molecule has 0 bridgehead atoms. The molecular formula is C13H18N2O2. The molecule has 0 atom stereocenters. The van der Waals surface area contributed by atoms with E-state index in [0.29, 0.717) is 6.61 Å². The normalized spacial score (nSPS) is 10.1. The third kappa shape index (κ3) is 4.26. The van der Waals surface area contributed by atoms with Crippen molar-refractivity contribution in [3.05, 3.63) is 29.4 Å². The predicted octanol–water partition coefficient (Wildman–Crippen LogP) is 0.603. The molecule has 4 nitrogen and oxygen atoms in total. The molecule has 0 radical (unpaired) electrons. The van der Waals surface area contributed by atoms with Gasteiger partial charge in [0, 0.05) is 17.8 Å². The number of unbranched alkanes of at least 4 members (excludes halogenated alkanes) is 2. The summed E-state index contributed by atoms with van der Waals surface area (Å²) in [5.74, 6) is -0.362. The molecule has 92 valence electrons. The first-order valence-electron chi connectivity index (χ1n) is 5.64. The van der Waals surface area contributed by atoms with Crippen LogP contribution >= 0.6 is 0 Å². The van der Waals surface area contributed by atoms with Crippen LogP contribution in [0.2, 0.25) is 0 Å². The molecule has 1 rings (SSSR count). The van der Waals surface area contributed by atoms with Crippen molar-refractivity contribution in [1.82, 2.24) is 9.78 Å². The number of hydrogen-bond donors (Lipinski definition) is 0. The number of esters is 1. The van der Waals surface area contributed by atoms with Gasteiger partial charge in [0.25, 0.3) is 0 Å². The Morgan fingerprint density at radius 2 is 2.18 bits per heavy atom. The van der Waals surface area contributed by atoms with E-state index in [2.05, 4.69) is 24.8 Å². The van der Waals surface area contributed by atoms with Crippen LogP contribution in [0.3, 0.4) is 0 Å². The third-order valence-corrected chi connectivity index (χ3v) is 2.46. The second-order valence-electron chi connectivity index (χ2n) is 3.77. The maximum Gasteiger partial charge on any atom is 0.330 e. The zero-order valence-corrected chi connectivity index (χ0v) is 10.0. The lowest BCUT2D eigenvalue weighted by Crippen LogP contribution is -2.26. The molecule has 0 amide bonds.